The highest BCUT2D eigenvalue weighted by molar-refractivity contribution is 5.25. The maximum atomic E-state index is 6.20. The van der Waals surface area contributed by atoms with Gasteiger partial charge in [-0.25, -0.2) is 4.98 Å². The lowest BCUT2D eigenvalue weighted by molar-refractivity contribution is -0.0467. The molecule has 2 aliphatic heterocycles. The van der Waals surface area contributed by atoms with Gasteiger partial charge in [0.15, 0.2) is 0 Å². The van der Waals surface area contributed by atoms with Crippen molar-refractivity contribution in [3.05, 3.63) is 23.9 Å². The highest BCUT2D eigenvalue weighted by atomic mass is 16.6. The number of ether oxygens (including phenoxy) is 3. The first-order valence-corrected chi connectivity index (χ1v) is 9.22. The number of aromatic nitrogens is 1. The van der Waals surface area contributed by atoms with Crippen LogP contribution in [0.15, 0.2) is 18.3 Å². The van der Waals surface area contributed by atoms with Gasteiger partial charge in [0.2, 0.25) is 5.88 Å². The van der Waals surface area contributed by atoms with Gasteiger partial charge in [0.25, 0.3) is 0 Å². The van der Waals surface area contributed by atoms with E-state index in [0.717, 1.165) is 69.5 Å². The van der Waals surface area contributed by atoms with E-state index in [1.165, 1.54) is 12.8 Å². The van der Waals surface area contributed by atoms with Gasteiger partial charge in [0.05, 0.1) is 25.4 Å². The first kappa shape index (κ1) is 16.3. The molecule has 0 amide bonds. The van der Waals surface area contributed by atoms with Gasteiger partial charge in [0.1, 0.15) is 0 Å². The zero-order valence-corrected chi connectivity index (χ0v) is 14.6. The maximum Gasteiger partial charge on any atom is 0.217 e. The van der Waals surface area contributed by atoms with Crippen LogP contribution in [0.5, 0.6) is 5.88 Å². The molecule has 5 heteroatoms. The van der Waals surface area contributed by atoms with Crippen molar-refractivity contribution in [3.63, 3.8) is 0 Å². The summed E-state index contributed by atoms with van der Waals surface area (Å²) in [6.45, 7) is 4.75. The molecule has 24 heavy (non-hydrogen) atoms. The van der Waals surface area contributed by atoms with Crippen molar-refractivity contribution in [2.24, 2.45) is 5.92 Å². The number of pyridine rings is 1. The number of rotatable bonds is 6. The van der Waals surface area contributed by atoms with E-state index in [0.29, 0.717) is 6.10 Å². The Balaban J connectivity index is 1.27. The van der Waals surface area contributed by atoms with Crippen LogP contribution in [-0.4, -0.2) is 55.0 Å². The molecule has 1 aromatic rings. The van der Waals surface area contributed by atoms with Gasteiger partial charge in [-0.05, 0) is 37.7 Å². The predicted molar refractivity (Wildman–Crippen MR) is 91.1 cm³/mol. The molecule has 0 bridgehead atoms. The minimum absolute atomic E-state index is 0.0593. The molecule has 0 aromatic carbocycles. The monoisotopic (exact) mass is 332 g/mol. The first-order valence-electron chi connectivity index (χ1n) is 9.22. The van der Waals surface area contributed by atoms with E-state index >= 15 is 0 Å². The largest absolute Gasteiger partial charge is 0.481 e. The van der Waals surface area contributed by atoms with Crippen molar-refractivity contribution in [3.8, 4) is 5.88 Å². The number of likely N-dealkylation sites (tertiary alicyclic amines) is 1. The van der Waals surface area contributed by atoms with Gasteiger partial charge in [-0.1, -0.05) is 6.07 Å². The summed E-state index contributed by atoms with van der Waals surface area (Å²) in [6.07, 6.45) is 8.07. The lowest BCUT2D eigenvalue weighted by Crippen LogP contribution is -2.44. The molecule has 1 aromatic heterocycles. The minimum Gasteiger partial charge on any atom is -0.481 e. The van der Waals surface area contributed by atoms with Crippen LogP contribution >= 0.6 is 0 Å². The summed E-state index contributed by atoms with van der Waals surface area (Å²) in [5.74, 6) is 1.57. The van der Waals surface area contributed by atoms with E-state index in [9.17, 15) is 0 Å². The quantitative estimate of drug-likeness (QED) is 0.801. The SMILES string of the molecule is COc1ncccc1CN1CCC2(CC1)C[C@@H](OCC1CC1)CO2. The molecule has 3 aliphatic rings. The average molecular weight is 332 g/mol. The average Bonchev–Trinajstić information content (AvgIpc) is 3.37. The Morgan fingerprint density at radius 3 is 2.92 bits per heavy atom. The molecular formula is C19H28N2O3. The van der Waals surface area contributed by atoms with Crippen LogP contribution in [0, 0.1) is 5.92 Å². The Labute approximate surface area is 144 Å². The van der Waals surface area contributed by atoms with Gasteiger partial charge in [-0.2, -0.15) is 0 Å². The van der Waals surface area contributed by atoms with Crippen LogP contribution < -0.4 is 4.74 Å². The lowest BCUT2D eigenvalue weighted by Gasteiger charge is -2.38. The van der Waals surface area contributed by atoms with Gasteiger partial charge in [-0.3, -0.25) is 4.90 Å². The van der Waals surface area contributed by atoms with Crippen LogP contribution in [0.1, 0.15) is 37.7 Å². The zero-order valence-electron chi connectivity index (χ0n) is 14.6. The number of methoxy groups -OCH3 is 1. The van der Waals surface area contributed by atoms with Crippen LogP contribution in [0.25, 0.3) is 0 Å². The van der Waals surface area contributed by atoms with E-state index in [2.05, 4.69) is 16.0 Å². The van der Waals surface area contributed by atoms with Crippen LogP contribution in [0.3, 0.4) is 0 Å². The number of hydrogen-bond acceptors (Lipinski definition) is 5. The smallest absolute Gasteiger partial charge is 0.217 e. The fourth-order valence-corrected chi connectivity index (χ4v) is 3.90. The second-order valence-electron chi connectivity index (χ2n) is 7.54. The molecular weight excluding hydrogens is 304 g/mol. The molecule has 1 saturated carbocycles. The van der Waals surface area contributed by atoms with Gasteiger partial charge in [-0.15, -0.1) is 0 Å². The molecule has 0 N–H and O–H groups in total. The fourth-order valence-electron chi connectivity index (χ4n) is 3.90. The van der Waals surface area contributed by atoms with Gasteiger partial charge < -0.3 is 14.2 Å². The van der Waals surface area contributed by atoms with Crippen molar-refractivity contribution < 1.29 is 14.2 Å². The summed E-state index contributed by atoms with van der Waals surface area (Å²) in [7, 11) is 1.69. The molecule has 4 rings (SSSR count). The van der Waals surface area contributed by atoms with E-state index in [4.69, 9.17) is 14.2 Å². The molecule has 0 unspecified atom stereocenters. The molecule has 0 radical (unpaired) electrons. The molecule has 2 saturated heterocycles. The summed E-state index contributed by atoms with van der Waals surface area (Å²) >= 11 is 0. The Morgan fingerprint density at radius 2 is 2.17 bits per heavy atom. The summed E-state index contributed by atoms with van der Waals surface area (Å²) in [6, 6.07) is 4.08. The first-order chi connectivity index (χ1) is 11.8. The summed E-state index contributed by atoms with van der Waals surface area (Å²) in [5, 5.41) is 0. The summed E-state index contributed by atoms with van der Waals surface area (Å²) in [4.78, 5) is 6.77. The molecule has 1 spiro atoms. The van der Waals surface area contributed by atoms with Crippen molar-refractivity contribution in [2.75, 3.05) is 33.4 Å². The van der Waals surface area contributed by atoms with Crippen LogP contribution in [0.4, 0.5) is 0 Å². The van der Waals surface area contributed by atoms with Crippen molar-refractivity contribution in [2.45, 2.75) is 50.4 Å². The van der Waals surface area contributed by atoms with Crippen LogP contribution in [0.2, 0.25) is 0 Å². The van der Waals surface area contributed by atoms with Gasteiger partial charge >= 0.3 is 0 Å². The lowest BCUT2D eigenvalue weighted by atomic mass is 9.88. The normalized spacial score (nSPS) is 26.8. The topological polar surface area (TPSA) is 43.8 Å². The molecule has 1 atom stereocenters. The predicted octanol–water partition coefficient (Wildman–Crippen LogP) is 2.64. The standard InChI is InChI=1S/C19H28N2O3/c1-22-18-16(3-2-8-20-18)12-21-9-6-19(7-10-21)11-17(14-24-19)23-13-15-4-5-15/h2-3,8,15,17H,4-7,9-14H2,1H3/t17-/m1/s1. The minimum atomic E-state index is 0.0593. The second kappa shape index (κ2) is 6.98. The number of piperidine rings is 1. The van der Waals surface area contributed by atoms with Crippen molar-refractivity contribution in [1.29, 1.82) is 0 Å². The fraction of sp³-hybridized carbons (Fsp3) is 0.737. The van der Waals surface area contributed by atoms with E-state index in [-0.39, 0.29) is 5.60 Å². The van der Waals surface area contributed by atoms with Crippen LogP contribution in [-0.2, 0) is 16.0 Å². The second-order valence-corrected chi connectivity index (χ2v) is 7.54. The molecule has 1 aliphatic carbocycles. The van der Waals surface area contributed by atoms with Crippen molar-refractivity contribution >= 4 is 0 Å². The Bertz CT molecular complexity index is 553. The summed E-state index contributed by atoms with van der Waals surface area (Å²) < 4.78 is 17.6. The van der Waals surface area contributed by atoms with E-state index in [1.54, 1.807) is 13.3 Å². The maximum absolute atomic E-state index is 6.20. The third-order valence-corrected chi connectivity index (χ3v) is 5.64. The Kier molecular flexibility index (Phi) is 4.74. The highest BCUT2D eigenvalue weighted by Gasteiger charge is 2.43. The van der Waals surface area contributed by atoms with E-state index < -0.39 is 0 Å². The van der Waals surface area contributed by atoms with Gasteiger partial charge in [0, 0.05) is 44.4 Å². The zero-order chi connectivity index (χ0) is 16.4. The number of hydrogen-bond donors (Lipinski definition) is 0. The number of nitrogens with zero attached hydrogens (tertiary/aromatic N) is 2. The Hall–Kier alpha value is -1.17. The molecule has 3 heterocycles. The molecule has 5 nitrogen and oxygen atoms in total. The summed E-state index contributed by atoms with van der Waals surface area (Å²) in [5.41, 5.74) is 1.22. The van der Waals surface area contributed by atoms with Crippen molar-refractivity contribution in [1.82, 2.24) is 9.88 Å². The highest BCUT2D eigenvalue weighted by Crippen LogP contribution is 2.38. The van der Waals surface area contributed by atoms with E-state index in [1.807, 2.05) is 6.07 Å². The molecule has 132 valence electrons. The molecule has 3 fully saturated rings. The third kappa shape index (κ3) is 3.73. The Morgan fingerprint density at radius 1 is 1.33 bits per heavy atom. The third-order valence-electron chi connectivity index (χ3n) is 5.64.